The number of nitrogens with zero attached hydrogens (tertiary/aromatic N) is 1. The van der Waals surface area contributed by atoms with Gasteiger partial charge in [-0.15, -0.1) is 0 Å². The maximum atomic E-state index is 4.22. The first-order chi connectivity index (χ1) is 6.22. The van der Waals surface area contributed by atoms with Crippen LogP contribution < -0.4 is 10.6 Å². The van der Waals surface area contributed by atoms with Gasteiger partial charge in [-0.1, -0.05) is 0 Å². The molecule has 0 saturated carbocycles. The molecule has 0 fully saturated rings. The SMILES string of the molecule is CNCc1ccnc(NC(C)C)c1. The van der Waals surface area contributed by atoms with Crippen LogP contribution in [0.3, 0.4) is 0 Å². The second kappa shape index (κ2) is 4.82. The van der Waals surface area contributed by atoms with Crippen molar-refractivity contribution < 1.29 is 0 Å². The zero-order valence-electron chi connectivity index (χ0n) is 8.46. The molecule has 1 aromatic heterocycles. The van der Waals surface area contributed by atoms with Crippen LogP contribution in [-0.2, 0) is 6.54 Å². The molecular weight excluding hydrogens is 162 g/mol. The molecule has 1 aromatic rings. The molecule has 0 unspecified atom stereocenters. The highest BCUT2D eigenvalue weighted by molar-refractivity contribution is 5.38. The summed E-state index contributed by atoms with van der Waals surface area (Å²) in [5.74, 6) is 0.947. The monoisotopic (exact) mass is 179 g/mol. The van der Waals surface area contributed by atoms with E-state index in [1.54, 1.807) is 0 Å². The van der Waals surface area contributed by atoms with Crippen LogP contribution in [0.2, 0.25) is 0 Å². The van der Waals surface area contributed by atoms with Gasteiger partial charge in [-0.25, -0.2) is 4.98 Å². The second-order valence-corrected chi connectivity index (χ2v) is 3.38. The number of aromatic nitrogens is 1. The Morgan fingerprint density at radius 3 is 2.85 bits per heavy atom. The molecule has 1 rings (SSSR count). The highest BCUT2D eigenvalue weighted by Crippen LogP contribution is 2.07. The topological polar surface area (TPSA) is 37.0 Å². The van der Waals surface area contributed by atoms with Crippen LogP contribution in [0.4, 0.5) is 5.82 Å². The predicted octanol–water partition coefficient (Wildman–Crippen LogP) is 1.62. The first kappa shape index (κ1) is 9.99. The number of pyridine rings is 1. The number of rotatable bonds is 4. The van der Waals surface area contributed by atoms with E-state index in [0.717, 1.165) is 12.4 Å². The molecular formula is C10H17N3. The van der Waals surface area contributed by atoms with Crippen molar-refractivity contribution in [3.8, 4) is 0 Å². The van der Waals surface area contributed by atoms with Crippen molar-refractivity contribution in [2.45, 2.75) is 26.4 Å². The Bertz CT molecular complexity index is 258. The van der Waals surface area contributed by atoms with Crippen LogP contribution in [0.5, 0.6) is 0 Å². The van der Waals surface area contributed by atoms with Crippen LogP contribution >= 0.6 is 0 Å². The average molecular weight is 179 g/mol. The lowest BCUT2D eigenvalue weighted by molar-refractivity contribution is 0.814. The van der Waals surface area contributed by atoms with Gasteiger partial charge in [-0.2, -0.15) is 0 Å². The molecule has 0 aliphatic carbocycles. The quantitative estimate of drug-likeness (QED) is 0.737. The molecule has 1 heterocycles. The summed E-state index contributed by atoms with van der Waals surface area (Å²) >= 11 is 0. The van der Waals surface area contributed by atoms with Gasteiger partial charge in [0.05, 0.1) is 0 Å². The van der Waals surface area contributed by atoms with Crippen LogP contribution in [-0.4, -0.2) is 18.1 Å². The van der Waals surface area contributed by atoms with Gasteiger partial charge in [0.2, 0.25) is 0 Å². The molecule has 0 spiro atoms. The number of anilines is 1. The van der Waals surface area contributed by atoms with Gasteiger partial charge in [0.25, 0.3) is 0 Å². The molecule has 0 radical (unpaired) electrons. The van der Waals surface area contributed by atoms with Crippen LogP contribution in [0.1, 0.15) is 19.4 Å². The highest BCUT2D eigenvalue weighted by Gasteiger charge is 1.97. The van der Waals surface area contributed by atoms with E-state index in [1.807, 2.05) is 19.3 Å². The molecule has 0 atom stereocenters. The standard InChI is InChI=1S/C10H17N3/c1-8(2)13-10-6-9(7-11-3)4-5-12-10/h4-6,8,11H,7H2,1-3H3,(H,12,13). The molecule has 0 aliphatic heterocycles. The molecule has 0 saturated heterocycles. The lowest BCUT2D eigenvalue weighted by Crippen LogP contribution is -2.12. The third-order valence-corrected chi connectivity index (χ3v) is 1.64. The van der Waals surface area contributed by atoms with E-state index < -0.39 is 0 Å². The molecule has 0 bridgehead atoms. The first-order valence-electron chi connectivity index (χ1n) is 4.58. The maximum absolute atomic E-state index is 4.22. The van der Waals surface area contributed by atoms with Crippen molar-refractivity contribution in [2.75, 3.05) is 12.4 Å². The third kappa shape index (κ3) is 3.42. The minimum atomic E-state index is 0.428. The van der Waals surface area contributed by atoms with Gasteiger partial charge in [0, 0.05) is 18.8 Å². The Morgan fingerprint density at radius 1 is 1.46 bits per heavy atom. The van der Waals surface area contributed by atoms with E-state index in [0.29, 0.717) is 6.04 Å². The summed E-state index contributed by atoms with van der Waals surface area (Å²) in [6.45, 7) is 5.09. The van der Waals surface area contributed by atoms with Crippen molar-refractivity contribution in [1.82, 2.24) is 10.3 Å². The maximum Gasteiger partial charge on any atom is 0.126 e. The molecule has 0 aromatic carbocycles. The van der Waals surface area contributed by atoms with Crippen LogP contribution in [0, 0.1) is 0 Å². The Hall–Kier alpha value is -1.09. The molecule has 0 amide bonds. The van der Waals surface area contributed by atoms with E-state index in [1.165, 1.54) is 5.56 Å². The first-order valence-corrected chi connectivity index (χ1v) is 4.58. The molecule has 0 aliphatic rings. The van der Waals surface area contributed by atoms with Gasteiger partial charge >= 0.3 is 0 Å². The van der Waals surface area contributed by atoms with Gasteiger partial charge in [0.15, 0.2) is 0 Å². The predicted molar refractivity (Wildman–Crippen MR) is 55.8 cm³/mol. The fraction of sp³-hybridized carbons (Fsp3) is 0.500. The summed E-state index contributed by atoms with van der Waals surface area (Å²) in [4.78, 5) is 4.22. The van der Waals surface area contributed by atoms with Gasteiger partial charge in [-0.3, -0.25) is 0 Å². The summed E-state index contributed by atoms with van der Waals surface area (Å²) in [6, 6.07) is 4.51. The minimum absolute atomic E-state index is 0.428. The van der Waals surface area contributed by atoms with Gasteiger partial charge in [-0.05, 0) is 38.6 Å². The van der Waals surface area contributed by atoms with Crippen molar-refractivity contribution >= 4 is 5.82 Å². The summed E-state index contributed by atoms with van der Waals surface area (Å²) in [6.07, 6.45) is 1.83. The normalized spacial score (nSPS) is 10.5. The summed E-state index contributed by atoms with van der Waals surface area (Å²) in [5.41, 5.74) is 1.25. The van der Waals surface area contributed by atoms with E-state index >= 15 is 0 Å². The fourth-order valence-corrected chi connectivity index (χ4v) is 1.16. The van der Waals surface area contributed by atoms with Crippen LogP contribution in [0.15, 0.2) is 18.3 Å². The number of hydrogen-bond donors (Lipinski definition) is 2. The van der Waals surface area contributed by atoms with Crippen molar-refractivity contribution in [2.24, 2.45) is 0 Å². The van der Waals surface area contributed by atoms with E-state index in [-0.39, 0.29) is 0 Å². The Kier molecular flexibility index (Phi) is 3.71. The third-order valence-electron chi connectivity index (χ3n) is 1.64. The fourth-order valence-electron chi connectivity index (χ4n) is 1.16. The van der Waals surface area contributed by atoms with Gasteiger partial charge in [0.1, 0.15) is 5.82 Å². The van der Waals surface area contributed by atoms with Gasteiger partial charge < -0.3 is 10.6 Å². The molecule has 2 N–H and O–H groups in total. The van der Waals surface area contributed by atoms with Crippen LogP contribution in [0.25, 0.3) is 0 Å². The van der Waals surface area contributed by atoms with Crippen molar-refractivity contribution in [3.05, 3.63) is 23.9 Å². The Morgan fingerprint density at radius 2 is 2.23 bits per heavy atom. The Balaban J connectivity index is 2.67. The molecule has 3 nitrogen and oxygen atoms in total. The number of hydrogen-bond acceptors (Lipinski definition) is 3. The smallest absolute Gasteiger partial charge is 0.126 e. The summed E-state index contributed by atoms with van der Waals surface area (Å²) in [5, 5.41) is 6.37. The lowest BCUT2D eigenvalue weighted by atomic mass is 10.2. The molecule has 3 heteroatoms. The summed E-state index contributed by atoms with van der Waals surface area (Å²) < 4.78 is 0. The molecule has 72 valence electrons. The minimum Gasteiger partial charge on any atom is -0.368 e. The van der Waals surface area contributed by atoms with E-state index in [2.05, 4.69) is 35.5 Å². The molecule has 13 heavy (non-hydrogen) atoms. The largest absolute Gasteiger partial charge is 0.368 e. The lowest BCUT2D eigenvalue weighted by Gasteiger charge is -2.09. The summed E-state index contributed by atoms with van der Waals surface area (Å²) in [7, 11) is 1.94. The average Bonchev–Trinajstić information content (AvgIpc) is 2.04. The second-order valence-electron chi connectivity index (χ2n) is 3.38. The van der Waals surface area contributed by atoms with E-state index in [4.69, 9.17) is 0 Å². The van der Waals surface area contributed by atoms with E-state index in [9.17, 15) is 0 Å². The Labute approximate surface area is 79.6 Å². The zero-order valence-corrected chi connectivity index (χ0v) is 8.46. The van der Waals surface area contributed by atoms with Crippen molar-refractivity contribution in [3.63, 3.8) is 0 Å². The highest BCUT2D eigenvalue weighted by atomic mass is 15.0. The van der Waals surface area contributed by atoms with Crippen molar-refractivity contribution in [1.29, 1.82) is 0 Å². The zero-order chi connectivity index (χ0) is 9.68. The number of nitrogens with one attached hydrogen (secondary N) is 2.